The van der Waals surface area contributed by atoms with Crippen molar-refractivity contribution < 1.29 is 22.7 Å². The number of ether oxygens (including phenoxy) is 2. The fourth-order valence-electron chi connectivity index (χ4n) is 2.71. The van der Waals surface area contributed by atoms with Gasteiger partial charge in [0, 0.05) is 18.8 Å². The third-order valence-electron chi connectivity index (χ3n) is 4.21. The Morgan fingerprint density at radius 1 is 1.18 bits per heavy atom. The van der Waals surface area contributed by atoms with Crippen LogP contribution in [0.1, 0.15) is 6.92 Å². The largest absolute Gasteiger partial charge is 0.481 e. The number of sulfonamides is 1. The Balaban J connectivity index is 1.74. The van der Waals surface area contributed by atoms with E-state index in [-0.39, 0.29) is 23.0 Å². The van der Waals surface area contributed by atoms with E-state index >= 15 is 0 Å². The quantitative estimate of drug-likeness (QED) is 0.770. The zero-order valence-electron chi connectivity index (χ0n) is 15.3. The molecule has 3 rings (SSSR count). The number of halogens is 1. The summed E-state index contributed by atoms with van der Waals surface area (Å²) in [7, 11) is -3.78. The Morgan fingerprint density at radius 2 is 1.86 bits per heavy atom. The first kappa shape index (κ1) is 20.6. The first-order valence-electron chi connectivity index (χ1n) is 8.78. The predicted molar refractivity (Wildman–Crippen MR) is 106 cm³/mol. The first-order chi connectivity index (χ1) is 13.4. The van der Waals surface area contributed by atoms with Crippen molar-refractivity contribution in [2.24, 2.45) is 0 Å². The molecule has 9 heteroatoms. The van der Waals surface area contributed by atoms with Crippen molar-refractivity contribution in [1.82, 2.24) is 4.31 Å². The van der Waals surface area contributed by atoms with Crippen LogP contribution in [0.25, 0.3) is 0 Å². The summed E-state index contributed by atoms with van der Waals surface area (Å²) in [6.45, 7) is 2.81. The molecule has 2 aromatic carbocycles. The monoisotopic (exact) mass is 424 g/mol. The highest BCUT2D eigenvalue weighted by Gasteiger charge is 2.29. The van der Waals surface area contributed by atoms with Crippen LogP contribution in [0.2, 0.25) is 5.02 Å². The van der Waals surface area contributed by atoms with Crippen LogP contribution in [0.3, 0.4) is 0 Å². The maximum atomic E-state index is 12.9. The van der Waals surface area contributed by atoms with Crippen LogP contribution in [0, 0.1) is 0 Å². The third-order valence-corrected chi connectivity index (χ3v) is 6.59. The molecule has 0 saturated carbocycles. The number of hydrogen-bond acceptors (Lipinski definition) is 5. The second-order valence-electron chi connectivity index (χ2n) is 6.22. The molecule has 7 nitrogen and oxygen atoms in total. The minimum atomic E-state index is -3.78. The molecule has 1 aliphatic heterocycles. The summed E-state index contributed by atoms with van der Waals surface area (Å²) in [5.41, 5.74) is 0.324. The third kappa shape index (κ3) is 4.82. The molecule has 0 radical (unpaired) electrons. The van der Waals surface area contributed by atoms with Crippen molar-refractivity contribution in [1.29, 1.82) is 0 Å². The smallest absolute Gasteiger partial charge is 0.265 e. The molecule has 0 aromatic heterocycles. The predicted octanol–water partition coefficient (Wildman–Crippen LogP) is 2.77. The van der Waals surface area contributed by atoms with Crippen LogP contribution < -0.4 is 10.1 Å². The van der Waals surface area contributed by atoms with Gasteiger partial charge in [0.25, 0.3) is 5.91 Å². The average molecular weight is 425 g/mol. The van der Waals surface area contributed by atoms with E-state index in [1.54, 1.807) is 25.1 Å². The Morgan fingerprint density at radius 3 is 2.54 bits per heavy atom. The fourth-order valence-corrected chi connectivity index (χ4v) is 4.61. The maximum absolute atomic E-state index is 12.9. The standard InChI is InChI=1S/C19H21ClN2O5S/c1-14(27-16-5-3-2-4-6-16)19(23)21-15-7-8-17(20)18(13-15)28(24,25)22-9-11-26-12-10-22/h2-8,13-14H,9-12H2,1H3,(H,21,23). The van der Waals surface area contributed by atoms with Crippen LogP contribution >= 0.6 is 11.6 Å². The molecule has 1 amide bonds. The zero-order valence-corrected chi connectivity index (χ0v) is 16.9. The lowest BCUT2D eigenvalue weighted by atomic mass is 10.3. The molecule has 1 aliphatic rings. The van der Waals surface area contributed by atoms with Gasteiger partial charge in [0.1, 0.15) is 10.6 Å². The average Bonchev–Trinajstić information content (AvgIpc) is 2.70. The van der Waals surface area contributed by atoms with Crippen molar-refractivity contribution in [3.63, 3.8) is 0 Å². The summed E-state index contributed by atoms with van der Waals surface area (Å²) in [6.07, 6.45) is -0.766. The van der Waals surface area contributed by atoms with E-state index in [0.29, 0.717) is 24.7 Å². The maximum Gasteiger partial charge on any atom is 0.265 e. The molecule has 1 saturated heterocycles. The van der Waals surface area contributed by atoms with Crippen molar-refractivity contribution >= 4 is 33.2 Å². The van der Waals surface area contributed by atoms with Gasteiger partial charge in [-0.3, -0.25) is 4.79 Å². The highest BCUT2D eigenvalue weighted by atomic mass is 35.5. The number of nitrogens with one attached hydrogen (secondary N) is 1. The SMILES string of the molecule is CC(Oc1ccccc1)C(=O)Nc1ccc(Cl)c(S(=O)(=O)N2CCOCC2)c1. The van der Waals surface area contributed by atoms with Gasteiger partial charge in [-0.25, -0.2) is 8.42 Å². The second kappa shape index (κ2) is 8.91. The lowest BCUT2D eigenvalue weighted by Crippen LogP contribution is -2.40. The van der Waals surface area contributed by atoms with E-state index in [4.69, 9.17) is 21.1 Å². The number of morpholine rings is 1. The molecule has 28 heavy (non-hydrogen) atoms. The number of para-hydroxylation sites is 1. The number of hydrogen-bond donors (Lipinski definition) is 1. The van der Waals surface area contributed by atoms with E-state index in [0.717, 1.165) is 0 Å². The lowest BCUT2D eigenvalue weighted by Gasteiger charge is -2.26. The molecule has 1 unspecified atom stereocenters. The molecule has 0 spiro atoms. The number of carbonyl (C=O) groups is 1. The van der Waals surface area contributed by atoms with E-state index in [1.807, 2.05) is 18.2 Å². The van der Waals surface area contributed by atoms with Crippen molar-refractivity contribution in [3.05, 3.63) is 53.6 Å². The highest BCUT2D eigenvalue weighted by Crippen LogP contribution is 2.28. The van der Waals surface area contributed by atoms with Gasteiger partial charge in [0.05, 0.1) is 18.2 Å². The molecule has 150 valence electrons. The van der Waals surface area contributed by atoms with E-state index in [9.17, 15) is 13.2 Å². The number of amides is 1. The van der Waals surface area contributed by atoms with Crippen LogP contribution in [0.5, 0.6) is 5.75 Å². The van der Waals surface area contributed by atoms with Crippen molar-refractivity contribution in [3.8, 4) is 5.75 Å². The van der Waals surface area contributed by atoms with Gasteiger partial charge in [0.2, 0.25) is 10.0 Å². The zero-order chi connectivity index (χ0) is 20.1. The Labute approximate surface area is 169 Å². The van der Waals surface area contributed by atoms with Crippen LogP contribution in [-0.4, -0.2) is 51.0 Å². The molecule has 0 aliphatic carbocycles. The molecule has 1 N–H and O–H groups in total. The topological polar surface area (TPSA) is 84.9 Å². The minimum Gasteiger partial charge on any atom is -0.481 e. The van der Waals surface area contributed by atoms with Crippen molar-refractivity contribution in [2.45, 2.75) is 17.9 Å². The van der Waals surface area contributed by atoms with Crippen LogP contribution in [-0.2, 0) is 19.6 Å². The number of rotatable bonds is 6. The Bertz CT molecular complexity index is 931. The van der Waals surface area contributed by atoms with E-state index in [1.165, 1.54) is 16.4 Å². The van der Waals surface area contributed by atoms with Gasteiger partial charge < -0.3 is 14.8 Å². The number of benzene rings is 2. The molecule has 1 heterocycles. The molecular formula is C19H21ClN2O5S. The number of carbonyl (C=O) groups excluding carboxylic acids is 1. The summed E-state index contributed by atoms with van der Waals surface area (Å²) < 4.78 is 37.9. The Kier molecular flexibility index (Phi) is 6.56. The van der Waals surface area contributed by atoms with Gasteiger partial charge in [-0.2, -0.15) is 4.31 Å². The van der Waals surface area contributed by atoms with Gasteiger partial charge in [-0.05, 0) is 37.3 Å². The number of nitrogens with zero attached hydrogens (tertiary/aromatic N) is 1. The summed E-state index contributed by atoms with van der Waals surface area (Å²) in [5, 5.41) is 2.77. The summed E-state index contributed by atoms with van der Waals surface area (Å²) in [4.78, 5) is 12.4. The lowest BCUT2D eigenvalue weighted by molar-refractivity contribution is -0.122. The first-order valence-corrected chi connectivity index (χ1v) is 10.6. The Hall–Kier alpha value is -2.13. The summed E-state index contributed by atoms with van der Waals surface area (Å²) in [6, 6.07) is 13.3. The second-order valence-corrected chi connectivity index (χ2v) is 8.54. The van der Waals surface area contributed by atoms with Crippen LogP contribution in [0.4, 0.5) is 5.69 Å². The molecule has 0 bridgehead atoms. The molecular weight excluding hydrogens is 404 g/mol. The van der Waals surface area contributed by atoms with E-state index in [2.05, 4.69) is 5.32 Å². The van der Waals surface area contributed by atoms with Crippen LogP contribution in [0.15, 0.2) is 53.4 Å². The number of anilines is 1. The molecule has 1 fully saturated rings. The fraction of sp³-hybridized carbons (Fsp3) is 0.316. The summed E-state index contributed by atoms with van der Waals surface area (Å²) in [5.74, 6) is 0.165. The molecule has 1 atom stereocenters. The van der Waals surface area contributed by atoms with Crippen molar-refractivity contribution in [2.75, 3.05) is 31.6 Å². The van der Waals surface area contributed by atoms with Gasteiger partial charge in [-0.1, -0.05) is 29.8 Å². The summed E-state index contributed by atoms with van der Waals surface area (Å²) >= 11 is 6.13. The van der Waals surface area contributed by atoms with Gasteiger partial charge >= 0.3 is 0 Å². The molecule has 2 aromatic rings. The van der Waals surface area contributed by atoms with E-state index < -0.39 is 22.0 Å². The van der Waals surface area contributed by atoms with Gasteiger partial charge in [0.15, 0.2) is 6.10 Å². The van der Waals surface area contributed by atoms with Gasteiger partial charge in [-0.15, -0.1) is 0 Å². The normalized spacial score (nSPS) is 16.4. The minimum absolute atomic E-state index is 0.0505. The highest BCUT2D eigenvalue weighted by molar-refractivity contribution is 7.89.